The van der Waals surface area contributed by atoms with E-state index >= 15 is 0 Å². The Hall–Kier alpha value is -1.27. The molecule has 0 unspecified atom stereocenters. The zero-order valence-electron chi connectivity index (χ0n) is 8.34. The van der Waals surface area contributed by atoms with E-state index in [2.05, 4.69) is 4.98 Å². The fourth-order valence-corrected chi connectivity index (χ4v) is 3.54. The van der Waals surface area contributed by atoms with Gasteiger partial charge in [0.15, 0.2) is 0 Å². The molecule has 3 nitrogen and oxygen atoms in total. The minimum Gasteiger partial charge on any atom is -0.225 e. The largest absolute Gasteiger partial charge is 0.259 e. The number of halogens is 1. The number of allylic oxidation sites excluding steroid dienone is 1. The van der Waals surface area contributed by atoms with Crippen LogP contribution in [0.25, 0.3) is 10.2 Å². The normalized spacial score (nSPS) is 13.2. The Morgan fingerprint density at radius 1 is 1.44 bits per heavy atom. The quantitative estimate of drug-likeness (QED) is 0.831. The molecule has 0 saturated carbocycles. The number of thiazole rings is 1. The van der Waals surface area contributed by atoms with Crippen LogP contribution in [0.3, 0.4) is 0 Å². The van der Waals surface area contributed by atoms with Crippen LogP contribution in [0.15, 0.2) is 39.8 Å². The van der Waals surface area contributed by atoms with Gasteiger partial charge >= 0.3 is 0 Å². The molecule has 1 heterocycles. The van der Waals surface area contributed by atoms with Crippen LogP contribution in [-0.2, 0) is 9.84 Å². The number of hydrogen-bond acceptors (Lipinski definition) is 4. The zero-order chi connectivity index (χ0) is 11.8. The van der Waals surface area contributed by atoms with Crippen LogP contribution in [0.2, 0.25) is 0 Å². The lowest BCUT2D eigenvalue weighted by Crippen LogP contribution is -2.00. The van der Waals surface area contributed by atoms with Crippen LogP contribution >= 0.6 is 11.3 Å². The summed E-state index contributed by atoms with van der Waals surface area (Å²) in [6, 6.07) is 6.98. The molecule has 1 aromatic heterocycles. The predicted molar refractivity (Wildman–Crippen MR) is 61.7 cm³/mol. The van der Waals surface area contributed by atoms with Crippen molar-refractivity contribution in [2.45, 2.75) is 11.3 Å². The van der Waals surface area contributed by atoms with E-state index in [0.29, 0.717) is 5.52 Å². The number of benzene rings is 1. The van der Waals surface area contributed by atoms with Gasteiger partial charge in [-0.2, -0.15) is 4.39 Å². The molecule has 0 saturated heterocycles. The van der Waals surface area contributed by atoms with E-state index in [9.17, 15) is 12.8 Å². The maximum absolute atomic E-state index is 13.2. The molecule has 0 N–H and O–H groups in total. The highest BCUT2D eigenvalue weighted by molar-refractivity contribution is 7.96. The van der Waals surface area contributed by atoms with E-state index < -0.39 is 15.0 Å². The summed E-state index contributed by atoms with van der Waals surface area (Å²) in [7, 11) is -4.05. The summed E-state index contributed by atoms with van der Waals surface area (Å²) in [6.45, 7) is 1.33. The fraction of sp³-hybridized carbons (Fsp3) is 0.100. The average molecular weight is 257 g/mol. The second kappa shape index (κ2) is 3.95. The number of fused-ring (bicyclic) bond motifs is 1. The Labute approximate surface area is 96.2 Å². The van der Waals surface area contributed by atoms with Crippen molar-refractivity contribution in [3.63, 3.8) is 0 Å². The van der Waals surface area contributed by atoms with Gasteiger partial charge in [-0.3, -0.25) is 0 Å². The second-order valence-electron chi connectivity index (χ2n) is 3.04. The minimum absolute atomic E-state index is 0.204. The zero-order valence-corrected chi connectivity index (χ0v) is 9.98. The predicted octanol–water partition coefficient (Wildman–Crippen LogP) is 2.90. The summed E-state index contributed by atoms with van der Waals surface area (Å²) in [5.41, 5.74) is 0.565. The first-order valence-electron chi connectivity index (χ1n) is 4.48. The van der Waals surface area contributed by atoms with Gasteiger partial charge in [0.25, 0.3) is 9.84 Å². The summed E-state index contributed by atoms with van der Waals surface area (Å²) in [6.07, 6.45) is 0.918. The van der Waals surface area contributed by atoms with E-state index in [1.54, 1.807) is 24.3 Å². The molecule has 16 heavy (non-hydrogen) atoms. The highest BCUT2D eigenvalue weighted by atomic mass is 32.2. The Kier molecular flexibility index (Phi) is 2.77. The van der Waals surface area contributed by atoms with Crippen molar-refractivity contribution in [1.29, 1.82) is 0 Å². The molecular weight excluding hydrogens is 249 g/mol. The summed E-state index contributed by atoms with van der Waals surface area (Å²) < 4.78 is 37.0. The third-order valence-corrected chi connectivity index (χ3v) is 5.03. The first kappa shape index (κ1) is 11.2. The van der Waals surface area contributed by atoms with Crippen molar-refractivity contribution in [2.24, 2.45) is 0 Å². The van der Waals surface area contributed by atoms with Gasteiger partial charge in [0, 0.05) is 0 Å². The molecule has 84 valence electrons. The molecule has 0 aliphatic rings. The lowest BCUT2D eigenvalue weighted by molar-refractivity contribution is 0.576. The Balaban J connectivity index is 2.65. The minimum atomic E-state index is -4.05. The Bertz CT molecular complexity index is 625. The maximum Gasteiger partial charge on any atom is 0.259 e. The van der Waals surface area contributed by atoms with Gasteiger partial charge in [-0.15, -0.1) is 11.3 Å². The van der Waals surface area contributed by atoms with Crippen molar-refractivity contribution in [3.8, 4) is 0 Å². The summed E-state index contributed by atoms with van der Waals surface area (Å²) in [4.78, 5) is 3.90. The number of nitrogens with zero attached hydrogens (tertiary/aromatic N) is 1. The van der Waals surface area contributed by atoms with Crippen molar-refractivity contribution < 1.29 is 12.8 Å². The lowest BCUT2D eigenvalue weighted by Gasteiger charge is -1.94. The Morgan fingerprint density at radius 3 is 2.75 bits per heavy atom. The molecule has 2 rings (SSSR count). The highest BCUT2D eigenvalue weighted by Gasteiger charge is 2.24. The molecule has 0 bridgehead atoms. The van der Waals surface area contributed by atoms with Crippen molar-refractivity contribution >= 4 is 31.4 Å². The van der Waals surface area contributed by atoms with Gasteiger partial charge < -0.3 is 0 Å². The smallest absolute Gasteiger partial charge is 0.225 e. The molecule has 0 fully saturated rings. The second-order valence-corrected chi connectivity index (χ2v) is 6.12. The standard InChI is InChI=1S/C10H8FNO2S2/c1-2-9(11)16(13,14)10-12-7-5-3-4-6-8(7)15-10/h2-6H,1H3/b9-2+. The van der Waals surface area contributed by atoms with Crippen LogP contribution in [0.5, 0.6) is 0 Å². The Morgan fingerprint density at radius 2 is 2.12 bits per heavy atom. The molecule has 1 aromatic carbocycles. The van der Waals surface area contributed by atoms with Crippen LogP contribution in [0, 0.1) is 0 Å². The highest BCUT2D eigenvalue weighted by Crippen LogP contribution is 2.29. The molecule has 0 radical (unpaired) electrons. The van der Waals surface area contributed by atoms with Crippen molar-refractivity contribution in [2.75, 3.05) is 0 Å². The lowest BCUT2D eigenvalue weighted by atomic mass is 10.3. The monoisotopic (exact) mass is 257 g/mol. The number of aromatic nitrogens is 1. The van der Waals surface area contributed by atoms with Gasteiger partial charge in [-0.1, -0.05) is 12.1 Å². The van der Waals surface area contributed by atoms with Crippen molar-refractivity contribution in [3.05, 3.63) is 35.5 Å². The average Bonchev–Trinajstić information content (AvgIpc) is 2.72. The van der Waals surface area contributed by atoms with E-state index in [1.807, 2.05) is 0 Å². The first-order valence-corrected chi connectivity index (χ1v) is 6.78. The third-order valence-electron chi connectivity index (χ3n) is 1.99. The van der Waals surface area contributed by atoms with Crippen LogP contribution < -0.4 is 0 Å². The molecular formula is C10H8FNO2S2. The molecule has 0 aliphatic heterocycles. The number of rotatable bonds is 2. The van der Waals surface area contributed by atoms with Crippen molar-refractivity contribution in [1.82, 2.24) is 4.98 Å². The van der Waals surface area contributed by atoms with Gasteiger partial charge in [-0.25, -0.2) is 13.4 Å². The van der Waals surface area contributed by atoms with Crippen LogP contribution in [0.1, 0.15) is 6.92 Å². The van der Waals surface area contributed by atoms with E-state index in [0.717, 1.165) is 22.1 Å². The molecule has 6 heteroatoms. The molecule has 0 amide bonds. The molecule has 2 aromatic rings. The topological polar surface area (TPSA) is 47.0 Å². The fourth-order valence-electron chi connectivity index (χ4n) is 1.20. The number of para-hydroxylation sites is 1. The summed E-state index contributed by atoms with van der Waals surface area (Å²) in [5.74, 6) is 0. The van der Waals surface area contributed by atoms with Crippen LogP contribution in [-0.4, -0.2) is 13.4 Å². The van der Waals surface area contributed by atoms with E-state index in [4.69, 9.17) is 0 Å². The molecule has 0 spiro atoms. The van der Waals surface area contributed by atoms with Gasteiger partial charge in [-0.05, 0) is 25.1 Å². The third kappa shape index (κ3) is 1.74. The summed E-state index contributed by atoms with van der Waals surface area (Å²) in [5, 5.41) is -1.16. The van der Waals surface area contributed by atoms with Gasteiger partial charge in [0.2, 0.25) is 9.50 Å². The van der Waals surface area contributed by atoms with E-state index in [1.165, 1.54) is 6.92 Å². The maximum atomic E-state index is 13.2. The number of hydrogen-bond donors (Lipinski definition) is 0. The number of sulfone groups is 1. The molecule has 0 aliphatic carbocycles. The SMILES string of the molecule is C/C=C(\F)S(=O)(=O)c1nc2ccccc2s1. The van der Waals surface area contributed by atoms with E-state index in [-0.39, 0.29) is 4.34 Å². The van der Waals surface area contributed by atoms with Crippen LogP contribution in [0.4, 0.5) is 4.39 Å². The van der Waals surface area contributed by atoms with Gasteiger partial charge in [0.05, 0.1) is 10.2 Å². The summed E-state index contributed by atoms with van der Waals surface area (Å²) >= 11 is 0.968. The first-order chi connectivity index (χ1) is 7.55. The van der Waals surface area contributed by atoms with Gasteiger partial charge in [0.1, 0.15) is 0 Å². The molecule has 0 atom stereocenters.